The second kappa shape index (κ2) is 47.6. The number of thiol groups is 2. The van der Waals surface area contributed by atoms with E-state index in [0.29, 0.717) is 104 Å². The maximum atomic E-state index is 12.1. The maximum absolute atomic E-state index is 12.1. The third-order valence-electron chi connectivity index (χ3n) is 11.1. The van der Waals surface area contributed by atoms with E-state index in [1.165, 1.54) is 0 Å². The van der Waals surface area contributed by atoms with Gasteiger partial charge < -0.3 is 159 Å². The van der Waals surface area contributed by atoms with Gasteiger partial charge in [0.15, 0.2) is 12.2 Å². The minimum atomic E-state index is -4.86. The van der Waals surface area contributed by atoms with Crippen LogP contribution in [0.15, 0.2) is 0 Å². The first-order chi connectivity index (χ1) is 39.9. The topological polar surface area (TPSA) is 555 Å². The smallest absolute Gasteiger partial charge is 0.396 e. The molecule has 6 atom stereocenters. The van der Waals surface area contributed by atoms with Crippen LogP contribution in [0.4, 0.5) is 0 Å². The number of carbonyl (C=O) groups excluding carboxylic acids is 8. The van der Waals surface area contributed by atoms with Crippen LogP contribution in [0.3, 0.4) is 0 Å². The Labute approximate surface area is 515 Å². The highest BCUT2D eigenvalue weighted by molar-refractivity contribution is 7.50. The summed E-state index contributed by atoms with van der Waals surface area (Å²) in [4.78, 5) is 155. The van der Waals surface area contributed by atoms with E-state index in [1.54, 1.807) is 0 Å². The first kappa shape index (κ1) is 85.8. The Balaban J connectivity index is 0. The first-order valence-corrected chi connectivity index (χ1v) is 33.6. The van der Waals surface area contributed by atoms with Crippen LogP contribution >= 0.6 is 30.8 Å². The summed E-state index contributed by atoms with van der Waals surface area (Å²) in [5, 5.41) is 36.3. The van der Waals surface area contributed by atoms with Crippen molar-refractivity contribution in [3.63, 3.8) is 0 Å². The molecule has 510 valence electrons. The number of phosphoric acid groups is 2. The molecule has 2 aliphatic carbocycles. The molecule has 2 fully saturated rings. The van der Waals surface area contributed by atoms with Gasteiger partial charge in [-0.15, -0.1) is 0 Å². The van der Waals surface area contributed by atoms with Crippen molar-refractivity contribution < 1.29 is 143 Å². The lowest BCUT2D eigenvalue weighted by Crippen LogP contribution is -2.50. The highest BCUT2D eigenvalue weighted by Gasteiger charge is 2.31. The largest absolute Gasteiger partial charge is 0.813 e. The molecule has 0 aromatic rings. The molecule has 2 rings (SSSR count). The van der Waals surface area contributed by atoms with E-state index in [2.05, 4.69) is 46.3 Å². The zero-order chi connectivity index (χ0) is 63.9. The summed E-state index contributed by atoms with van der Waals surface area (Å²) in [7, 11) is -17.3. The molecule has 37 nitrogen and oxygen atoms in total. The van der Waals surface area contributed by atoms with E-state index in [-0.39, 0.29) is 105 Å². The Morgan fingerprint density at radius 1 is 0.425 bits per heavy atom. The second-order valence-electron chi connectivity index (χ2n) is 18.4. The van der Waals surface area contributed by atoms with Crippen LogP contribution in [0.2, 0.25) is 0 Å². The van der Waals surface area contributed by atoms with Gasteiger partial charge >= 0.3 is 35.5 Å². The summed E-state index contributed by atoms with van der Waals surface area (Å²) >= 11 is 0. The van der Waals surface area contributed by atoms with E-state index in [0.717, 1.165) is 13.3 Å². The van der Waals surface area contributed by atoms with Gasteiger partial charge in [0.2, 0.25) is 0 Å². The van der Waals surface area contributed by atoms with Gasteiger partial charge in [-0.05, 0) is 64.2 Å². The quantitative estimate of drug-likeness (QED) is 0.00678. The zero-order valence-corrected chi connectivity index (χ0v) is 53.2. The van der Waals surface area contributed by atoms with Crippen LogP contribution in [0.5, 0.6) is 0 Å². The van der Waals surface area contributed by atoms with Crippen LogP contribution in [0, 0.1) is 0 Å². The van der Waals surface area contributed by atoms with Crippen molar-refractivity contribution in [2.45, 2.75) is 101 Å². The van der Waals surface area contributed by atoms with Gasteiger partial charge in [0.1, 0.15) is 21.8 Å². The maximum Gasteiger partial charge on any atom is 0.396 e. The van der Waals surface area contributed by atoms with Crippen LogP contribution in [-0.2, 0) is 130 Å². The molecule has 0 aliphatic heterocycles. The molecule has 11 N–H and O–H groups in total. The molecular formula is C44H81N7O30P4S2-6. The number of aliphatic hydroxyl groups is 2. The summed E-state index contributed by atoms with van der Waals surface area (Å²) in [6.07, 6.45) is -0.651. The fourth-order valence-corrected chi connectivity index (χ4v) is 9.30. The van der Waals surface area contributed by atoms with Crippen LogP contribution in [-0.4, -0.2) is 236 Å². The molecule has 0 bridgehead atoms. The Morgan fingerprint density at radius 3 is 1.11 bits per heavy atom. The number of amides is 7. The lowest BCUT2D eigenvalue weighted by Gasteiger charge is -2.32. The number of hydrogen-bond acceptors (Lipinski definition) is 30. The minimum Gasteiger partial charge on any atom is -0.813 e. The SMILES string of the molecule is CP(=O)([O-])OC1CCC(NC(=O)C(=O)NCCCOCCOCCOCCCNC(=O)C(=O)NCCOCCOP(=O)([O-])O)CC1.CP(=O)([O-])OC1CCC(NC(=O)C(=O)OCCNC(=O)[C@H](O)[C@@H](O)C(=O)NCCOCCOP(=O)([O-])O)CC1.[SH-].[SH-]. The highest BCUT2D eigenvalue weighted by Crippen LogP contribution is 2.38. The van der Waals surface area contributed by atoms with Gasteiger partial charge in [-0.1, -0.05) is 0 Å². The summed E-state index contributed by atoms with van der Waals surface area (Å²) in [6, 6.07) is -0.580. The Hall–Kier alpha value is -3.30. The van der Waals surface area contributed by atoms with Gasteiger partial charge in [-0.3, -0.25) is 42.7 Å². The molecule has 0 aromatic heterocycles. The van der Waals surface area contributed by atoms with Crippen molar-refractivity contribution in [1.82, 2.24) is 37.2 Å². The number of aliphatic hydroxyl groups excluding tert-OH is 2. The Kier molecular flexibility index (Phi) is 46.9. The number of carbonyl (C=O) groups is 8. The average Bonchev–Trinajstić information content (AvgIpc) is 2.92. The van der Waals surface area contributed by atoms with Gasteiger partial charge in [0, 0.05) is 64.8 Å². The van der Waals surface area contributed by atoms with Crippen LogP contribution in [0.25, 0.3) is 0 Å². The molecule has 2 saturated carbocycles. The van der Waals surface area contributed by atoms with Crippen LogP contribution < -0.4 is 56.8 Å². The average molecular weight is 1380 g/mol. The molecule has 4 unspecified atom stereocenters. The molecule has 2 aliphatic rings. The zero-order valence-electron chi connectivity index (χ0n) is 47.8. The first-order valence-electron chi connectivity index (χ1n) is 26.6. The molecule has 0 radical (unpaired) electrons. The fraction of sp³-hybridized carbons (Fsp3) is 0.818. The highest BCUT2D eigenvalue weighted by atomic mass is 32.1. The summed E-state index contributed by atoms with van der Waals surface area (Å²) < 4.78 is 91.9. The molecule has 87 heavy (non-hydrogen) atoms. The van der Waals surface area contributed by atoms with Crippen LogP contribution in [0.1, 0.15) is 64.2 Å². The monoisotopic (exact) mass is 1380 g/mol. The van der Waals surface area contributed by atoms with E-state index < -0.39 is 116 Å². The van der Waals surface area contributed by atoms with Gasteiger partial charge in [-0.2, -0.15) is 0 Å². The summed E-state index contributed by atoms with van der Waals surface area (Å²) in [5.74, 6) is -7.67. The van der Waals surface area contributed by atoms with Crippen molar-refractivity contribution in [2.24, 2.45) is 0 Å². The van der Waals surface area contributed by atoms with Gasteiger partial charge in [-0.25, -0.2) is 4.79 Å². The predicted molar refractivity (Wildman–Crippen MR) is 298 cm³/mol. The number of phosphoric ester groups is 2. The third-order valence-corrected chi connectivity index (χ3v) is 13.4. The lowest BCUT2D eigenvalue weighted by atomic mass is 9.93. The van der Waals surface area contributed by atoms with E-state index >= 15 is 0 Å². The summed E-state index contributed by atoms with van der Waals surface area (Å²) in [6.45, 7) is 2.25. The standard InChI is InChI=1S/C25H48N4O15P2.C19H35N3O15P2.2H2S/c1-45(34,35)44-21-6-4-20(5-7-21)29-25(33)24(32)27-9-3-12-40-15-17-42-16-14-39-11-2-8-26-22(30)23(31)28-10-13-41-18-19-43-46(36,37)38;1-38(29,30)37-13-4-2-12(3-5-13)22-18(27)19(28)35-9-7-21-17(26)15(24)14(23)16(25)20-6-8-34-10-11-36-39(31,32)33;;/h20-21H,2-19H2,1H3,(H,26,30)(H,27,32)(H,28,31)(H,29,33)(H,34,35)(H2,36,37,38);12-15,23-24H,2-11H2,1H3,(H,20,25)(H,21,26)(H,22,27)(H,29,30)(H2,31,32,33);2*1H2/p-6/t;12?,13?,14-,15-;;/m.1../s1. The fourth-order valence-electron chi connectivity index (χ4n) is 7.19. The number of nitrogens with one attached hydrogen (secondary N) is 7. The van der Waals surface area contributed by atoms with E-state index in [1.807, 2.05) is 0 Å². The molecule has 0 heterocycles. The van der Waals surface area contributed by atoms with Crippen molar-refractivity contribution in [1.29, 1.82) is 0 Å². The van der Waals surface area contributed by atoms with Gasteiger partial charge in [0.05, 0.1) is 84.8 Å². The molecule has 0 saturated heterocycles. The Bertz CT molecular complexity index is 2230. The van der Waals surface area contributed by atoms with Crippen molar-refractivity contribution in [3.05, 3.63) is 0 Å². The number of ether oxygens (including phenoxy) is 6. The molecular weight excluding hydrogens is 1290 g/mol. The second-order valence-corrected chi connectivity index (χ2v) is 24.3. The van der Waals surface area contributed by atoms with E-state index in [4.69, 9.17) is 47.3 Å². The Morgan fingerprint density at radius 2 is 0.736 bits per heavy atom. The molecule has 0 aromatic carbocycles. The number of esters is 1. The number of rotatable bonds is 40. The molecule has 0 spiro atoms. The van der Waals surface area contributed by atoms with Gasteiger partial charge in [0.25, 0.3) is 27.5 Å². The summed E-state index contributed by atoms with van der Waals surface area (Å²) in [5.41, 5.74) is 0. The van der Waals surface area contributed by atoms with E-state index in [9.17, 15) is 86.4 Å². The normalized spacial score (nSPS) is 19.8. The van der Waals surface area contributed by atoms with Crippen molar-refractivity contribution in [3.8, 4) is 0 Å². The third kappa shape index (κ3) is 48.2. The molecule has 7 amide bonds. The molecule has 43 heteroatoms. The minimum absolute atomic E-state index is 0. The lowest BCUT2D eigenvalue weighted by molar-refractivity contribution is -0.222. The predicted octanol–water partition coefficient (Wildman–Crippen LogP) is -7.65. The van der Waals surface area contributed by atoms with Crippen molar-refractivity contribution in [2.75, 3.05) is 132 Å². The number of hydrogen-bond donors (Lipinski definition) is 11. The van der Waals surface area contributed by atoms with Crippen molar-refractivity contribution >= 4 is 105 Å².